The number of hydrogen-bond acceptors (Lipinski definition) is 7. The highest BCUT2D eigenvalue weighted by Gasteiger charge is 2.30. The number of nitrogens with zero attached hydrogens (tertiary/aromatic N) is 3. The first-order valence-corrected chi connectivity index (χ1v) is 12.5. The van der Waals surface area contributed by atoms with Gasteiger partial charge in [-0.25, -0.2) is 9.78 Å². The molecule has 2 aromatic rings. The molecule has 0 aliphatic carbocycles. The van der Waals surface area contributed by atoms with Crippen LogP contribution in [0.5, 0.6) is 5.75 Å². The highest BCUT2D eigenvalue weighted by Crippen LogP contribution is 2.26. The maximum Gasteiger partial charge on any atom is 0.409 e. The summed E-state index contributed by atoms with van der Waals surface area (Å²) in [5, 5.41) is 3.22. The summed E-state index contributed by atoms with van der Waals surface area (Å²) in [6.07, 6.45) is 3.11. The van der Waals surface area contributed by atoms with Crippen LogP contribution in [0.4, 0.5) is 4.79 Å². The number of carbonyl (C=O) groups is 2. The van der Waals surface area contributed by atoms with E-state index >= 15 is 0 Å². The first kappa shape index (κ1) is 25.0. The van der Waals surface area contributed by atoms with Crippen LogP contribution in [0, 0.1) is 12.8 Å². The fourth-order valence-electron chi connectivity index (χ4n) is 4.80. The number of ether oxygens (including phenoxy) is 2. The van der Waals surface area contributed by atoms with Crippen molar-refractivity contribution in [2.75, 3.05) is 39.9 Å². The summed E-state index contributed by atoms with van der Waals surface area (Å²) in [5.74, 6) is 2.26. The van der Waals surface area contributed by atoms with Gasteiger partial charge < -0.3 is 24.1 Å². The van der Waals surface area contributed by atoms with Crippen LogP contribution in [0.2, 0.25) is 0 Å². The molecule has 35 heavy (non-hydrogen) atoms. The van der Waals surface area contributed by atoms with Gasteiger partial charge in [-0.15, -0.1) is 0 Å². The molecule has 0 radical (unpaired) electrons. The lowest BCUT2D eigenvalue weighted by Gasteiger charge is -2.35. The van der Waals surface area contributed by atoms with E-state index in [1.54, 1.807) is 12.0 Å². The maximum absolute atomic E-state index is 13.0. The summed E-state index contributed by atoms with van der Waals surface area (Å²) in [5.41, 5.74) is 1.81. The molecule has 1 aromatic carbocycles. The average Bonchev–Trinajstić information content (AvgIpc) is 3.24. The quantitative estimate of drug-likeness (QED) is 0.641. The van der Waals surface area contributed by atoms with Crippen molar-refractivity contribution in [3.05, 3.63) is 35.7 Å². The van der Waals surface area contributed by atoms with Crippen molar-refractivity contribution in [2.45, 2.75) is 52.1 Å². The van der Waals surface area contributed by atoms with E-state index in [0.717, 1.165) is 55.0 Å². The number of methoxy groups -OCH3 is 1. The van der Waals surface area contributed by atoms with Crippen molar-refractivity contribution >= 4 is 12.0 Å². The molecule has 2 saturated heterocycles. The maximum atomic E-state index is 13.0. The SMILES string of the molecule is CCOC(=O)N1CCC(NC(=O)C2CCCN(Cc3nc(-c4ccc(OC)cc4)oc3C)C2)CC1. The Hall–Kier alpha value is -3.07. The van der Waals surface area contributed by atoms with Crippen LogP contribution < -0.4 is 10.1 Å². The third kappa shape index (κ3) is 6.33. The van der Waals surface area contributed by atoms with Gasteiger partial charge in [0.25, 0.3) is 0 Å². The summed E-state index contributed by atoms with van der Waals surface area (Å²) in [4.78, 5) is 33.6. The van der Waals surface area contributed by atoms with Crippen LogP contribution in [0.25, 0.3) is 11.5 Å². The standard InChI is InChI=1S/C26H36N4O5/c1-4-34-26(32)30-14-11-21(12-15-30)27-24(31)20-6-5-13-29(16-20)17-23-18(2)35-25(28-23)19-7-9-22(33-3)10-8-19/h7-10,20-21H,4-6,11-17H2,1-3H3,(H,27,31). The molecule has 1 atom stereocenters. The van der Waals surface area contributed by atoms with Crippen LogP contribution in [0.15, 0.2) is 28.7 Å². The summed E-state index contributed by atoms with van der Waals surface area (Å²) < 4.78 is 16.2. The highest BCUT2D eigenvalue weighted by molar-refractivity contribution is 5.79. The van der Waals surface area contributed by atoms with Crippen molar-refractivity contribution in [2.24, 2.45) is 5.92 Å². The third-order valence-corrected chi connectivity index (χ3v) is 6.85. The third-order valence-electron chi connectivity index (χ3n) is 6.85. The van der Waals surface area contributed by atoms with E-state index < -0.39 is 0 Å². The smallest absolute Gasteiger partial charge is 0.409 e. The van der Waals surface area contributed by atoms with Crippen molar-refractivity contribution < 1.29 is 23.5 Å². The molecule has 9 heteroatoms. The van der Waals surface area contributed by atoms with Gasteiger partial charge in [0.15, 0.2) is 0 Å². The number of piperidine rings is 2. The van der Waals surface area contributed by atoms with E-state index in [9.17, 15) is 9.59 Å². The molecule has 2 fully saturated rings. The molecule has 1 aromatic heterocycles. The zero-order chi connectivity index (χ0) is 24.8. The monoisotopic (exact) mass is 484 g/mol. The van der Waals surface area contributed by atoms with Crippen LogP contribution in [0.3, 0.4) is 0 Å². The molecule has 1 unspecified atom stereocenters. The van der Waals surface area contributed by atoms with Crippen LogP contribution >= 0.6 is 0 Å². The van der Waals surface area contributed by atoms with Gasteiger partial charge in [-0.2, -0.15) is 0 Å². The minimum absolute atomic E-state index is 0.0416. The Labute approximate surface area is 206 Å². The molecule has 3 heterocycles. The van der Waals surface area contributed by atoms with Gasteiger partial charge in [0.2, 0.25) is 11.8 Å². The number of amides is 2. The molecular formula is C26H36N4O5. The summed E-state index contributed by atoms with van der Waals surface area (Å²) in [6.45, 7) is 7.65. The number of aryl methyl sites for hydroxylation is 1. The summed E-state index contributed by atoms with van der Waals surface area (Å²) in [6, 6.07) is 7.76. The Morgan fingerprint density at radius 2 is 1.89 bits per heavy atom. The van der Waals surface area contributed by atoms with Gasteiger partial charge in [0.05, 0.1) is 25.3 Å². The lowest BCUT2D eigenvalue weighted by molar-refractivity contribution is -0.127. The number of hydrogen-bond donors (Lipinski definition) is 1. The molecule has 0 bridgehead atoms. The van der Waals surface area contributed by atoms with Crippen molar-refractivity contribution in [1.82, 2.24) is 20.1 Å². The Morgan fingerprint density at radius 1 is 1.14 bits per heavy atom. The van der Waals surface area contributed by atoms with E-state index in [-0.39, 0.29) is 24.0 Å². The van der Waals surface area contributed by atoms with Crippen molar-refractivity contribution in [1.29, 1.82) is 0 Å². The van der Waals surface area contributed by atoms with E-state index in [4.69, 9.17) is 18.9 Å². The number of nitrogens with one attached hydrogen (secondary N) is 1. The fourth-order valence-corrected chi connectivity index (χ4v) is 4.80. The fraction of sp³-hybridized carbons (Fsp3) is 0.577. The lowest BCUT2D eigenvalue weighted by atomic mass is 9.95. The van der Waals surface area contributed by atoms with E-state index in [1.165, 1.54) is 0 Å². The van der Waals surface area contributed by atoms with Crippen LogP contribution in [0.1, 0.15) is 44.1 Å². The summed E-state index contributed by atoms with van der Waals surface area (Å²) in [7, 11) is 1.64. The largest absolute Gasteiger partial charge is 0.497 e. The normalized spacial score (nSPS) is 19.4. The predicted octanol–water partition coefficient (Wildman–Crippen LogP) is 3.61. The van der Waals surface area contributed by atoms with Crippen LogP contribution in [-0.2, 0) is 16.1 Å². The second kappa shape index (κ2) is 11.6. The molecule has 0 spiro atoms. The van der Waals surface area contributed by atoms with Gasteiger partial charge in [-0.3, -0.25) is 9.69 Å². The predicted molar refractivity (Wildman–Crippen MR) is 131 cm³/mol. The average molecular weight is 485 g/mol. The van der Waals surface area contributed by atoms with Crippen molar-refractivity contribution in [3.63, 3.8) is 0 Å². The first-order valence-electron chi connectivity index (χ1n) is 12.5. The van der Waals surface area contributed by atoms with Gasteiger partial charge in [-0.05, 0) is 70.3 Å². The second-order valence-corrected chi connectivity index (χ2v) is 9.29. The minimum atomic E-state index is -0.265. The minimum Gasteiger partial charge on any atom is -0.497 e. The summed E-state index contributed by atoms with van der Waals surface area (Å²) >= 11 is 0. The van der Waals surface area contributed by atoms with Gasteiger partial charge in [-0.1, -0.05) is 0 Å². The number of aromatic nitrogens is 1. The highest BCUT2D eigenvalue weighted by atomic mass is 16.6. The zero-order valence-corrected chi connectivity index (χ0v) is 20.9. The zero-order valence-electron chi connectivity index (χ0n) is 20.9. The molecule has 0 saturated carbocycles. The number of rotatable bonds is 7. The molecule has 190 valence electrons. The van der Waals surface area contributed by atoms with Crippen molar-refractivity contribution in [3.8, 4) is 17.2 Å². The van der Waals surface area contributed by atoms with E-state index in [2.05, 4.69) is 10.2 Å². The van der Waals surface area contributed by atoms with Crippen LogP contribution in [-0.4, -0.2) is 72.7 Å². The molecule has 2 aliphatic rings. The lowest BCUT2D eigenvalue weighted by Crippen LogP contribution is -2.50. The Kier molecular flexibility index (Phi) is 8.28. The Balaban J connectivity index is 1.29. The Morgan fingerprint density at radius 3 is 2.57 bits per heavy atom. The van der Waals surface area contributed by atoms with Gasteiger partial charge in [0, 0.05) is 37.8 Å². The van der Waals surface area contributed by atoms with Gasteiger partial charge in [0.1, 0.15) is 11.5 Å². The van der Waals surface area contributed by atoms with E-state index in [1.807, 2.05) is 38.1 Å². The number of likely N-dealkylation sites (tertiary alicyclic amines) is 2. The second-order valence-electron chi connectivity index (χ2n) is 9.29. The number of benzene rings is 1. The molecular weight excluding hydrogens is 448 g/mol. The topological polar surface area (TPSA) is 97.1 Å². The number of carbonyl (C=O) groups excluding carboxylic acids is 2. The van der Waals surface area contributed by atoms with E-state index in [0.29, 0.717) is 38.7 Å². The van der Waals surface area contributed by atoms with Gasteiger partial charge >= 0.3 is 6.09 Å². The molecule has 4 rings (SSSR count). The molecule has 2 aliphatic heterocycles. The Bertz CT molecular complexity index is 998. The molecule has 1 N–H and O–H groups in total. The first-order chi connectivity index (χ1) is 17.0. The number of oxazole rings is 1. The molecule has 2 amide bonds. The molecule has 9 nitrogen and oxygen atoms in total.